The van der Waals surface area contributed by atoms with Crippen molar-refractivity contribution in [3.63, 3.8) is 0 Å². The number of hydrogen-bond acceptors (Lipinski definition) is 2. The topological polar surface area (TPSA) is 34.1 Å². The van der Waals surface area contributed by atoms with Crippen molar-refractivity contribution in [3.8, 4) is 0 Å². The van der Waals surface area contributed by atoms with Gasteiger partial charge in [-0.05, 0) is 13.8 Å². The number of carbonyl (C=O) groups is 2. The lowest BCUT2D eigenvalue weighted by molar-refractivity contribution is -0.124. The number of ketones is 2. The molecule has 0 bridgehead atoms. The van der Waals surface area contributed by atoms with E-state index in [2.05, 4.69) is 0 Å². The molecule has 0 aromatic carbocycles. The minimum Gasteiger partial charge on any atom is -0.300 e. The van der Waals surface area contributed by atoms with E-state index in [0.717, 1.165) is 0 Å². The van der Waals surface area contributed by atoms with E-state index in [1.165, 1.54) is 13.8 Å². The third-order valence-electron chi connectivity index (χ3n) is 1.47. The number of alkyl halides is 1. The average molecular weight is 163 g/mol. The Bertz CT molecular complexity index is 136. The summed E-state index contributed by atoms with van der Waals surface area (Å²) in [6, 6.07) is 0. The quantitative estimate of drug-likeness (QED) is 0.588. The molecule has 3 heteroatoms. The lowest BCUT2D eigenvalue weighted by Gasteiger charge is -2.10. The van der Waals surface area contributed by atoms with Crippen LogP contribution < -0.4 is 0 Å². The van der Waals surface area contributed by atoms with Gasteiger partial charge in [-0.15, -0.1) is 11.6 Å². The van der Waals surface area contributed by atoms with Gasteiger partial charge in [-0.25, -0.2) is 0 Å². The Labute approximate surface area is 65.6 Å². The van der Waals surface area contributed by atoms with E-state index in [0.29, 0.717) is 0 Å². The van der Waals surface area contributed by atoms with Gasteiger partial charge in [0.1, 0.15) is 16.9 Å². The third kappa shape index (κ3) is 2.48. The molecular weight excluding hydrogens is 152 g/mol. The van der Waals surface area contributed by atoms with Crippen molar-refractivity contribution >= 4 is 23.2 Å². The molecule has 0 aliphatic rings. The van der Waals surface area contributed by atoms with E-state index in [4.69, 9.17) is 11.6 Å². The molecule has 0 spiro atoms. The molecule has 0 aliphatic carbocycles. The Kier molecular flexibility index (Phi) is 3.58. The highest BCUT2D eigenvalue weighted by molar-refractivity contribution is 6.32. The molecule has 58 valence electrons. The summed E-state index contributed by atoms with van der Waals surface area (Å²) in [5.74, 6) is -0.557. The van der Waals surface area contributed by atoms with Crippen LogP contribution in [0.25, 0.3) is 0 Å². The van der Waals surface area contributed by atoms with Crippen molar-refractivity contribution in [2.75, 3.05) is 0 Å². The Morgan fingerprint density at radius 3 is 1.70 bits per heavy atom. The third-order valence-corrected chi connectivity index (χ3v) is 2.15. The second-order valence-corrected chi connectivity index (χ2v) is 2.88. The van der Waals surface area contributed by atoms with Gasteiger partial charge >= 0.3 is 0 Å². The molecule has 0 saturated heterocycles. The zero-order valence-electron chi connectivity index (χ0n) is 6.35. The van der Waals surface area contributed by atoms with Gasteiger partial charge in [0.2, 0.25) is 0 Å². The molecule has 2 nitrogen and oxygen atoms in total. The summed E-state index contributed by atoms with van der Waals surface area (Å²) in [5.41, 5.74) is 0. The van der Waals surface area contributed by atoms with Crippen LogP contribution in [-0.4, -0.2) is 16.9 Å². The van der Waals surface area contributed by atoms with Crippen LogP contribution in [-0.2, 0) is 9.59 Å². The smallest absolute Gasteiger partial charge is 0.148 e. The SMILES string of the molecule is CC(=O)C(C)C(Cl)C(C)=O. The molecule has 0 amide bonds. The molecule has 0 aliphatic heterocycles. The molecule has 10 heavy (non-hydrogen) atoms. The van der Waals surface area contributed by atoms with Crippen molar-refractivity contribution in [2.24, 2.45) is 5.92 Å². The lowest BCUT2D eigenvalue weighted by Crippen LogP contribution is -2.25. The van der Waals surface area contributed by atoms with Crippen LogP contribution in [0.4, 0.5) is 0 Å². The highest BCUT2D eigenvalue weighted by Crippen LogP contribution is 2.11. The Morgan fingerprint density at radius 1 is 1.20 bits per heavy atom. The standard InChI is InChI=1S/C7H11ClO2/c1-4(5(2)9)7(8)6(3)10/h4,7H,1-3H3. The van der Waals surface area contributed by atoms with Crippen molar-refractivity contribution in [3.05, 3.63) is 0 Å². The fraction of sp³-hybridized carbons (Fsp3) is 0.714. The van der Waals surface area contributed by atoms with E-state index >= 15 is 0 Å². The predicted molar refractivity (Wildman–Crippen MR) is 40.2 cm³/mol. The summed E-state index contributed by atoms with van der Waals surface area (Å²) in [4.78, 5) is 21.3. The summed E-state index contributed by atoms with van der Waals surface area (Å²) in [7, 11) is 0. The summed E-state index contributed by atoms with van der Waals surface area (Å²) in [5, 5.41) is -0.655. The minimum atomic E-state index is -0.655. The molecule has 2 unspecified atom stereocenters. The van der Waals surface area contributed by atoms with E-state index in [1.54, 1.807) is 6.92 Å². The van der Waals surface area contributed by atoms with Gasteiger partial charge in [0.25, 0.3) is 0 Å². The van der Waals surface area contributed by atoms with E-state index in [1.807, 2.05) is 0 Å². The molecule has 2 atom stereocenters. The first kappa shape index (κ1) is 9.63. The van der Waals surface area contributed by atoms with Crippen LogP contribution in [0.1, 0.15) is 20.8 Å². The molecule has 0 radical (unpaired) electrons. The molecule has 0 aromatic heterocycles. The Balaban J connectivity index is 4.07. The molecule has 0 rings (SSSR count). The second kappa shape index (κ2) is 3.71. The van der Waals surface area contributed by atoms with E-state index in [-0.39, 0.29) is 17.5 Å². The maximum absolute atomic E-state index is 10.7. The number of halogens is 1. The van der Waals surface area contributed by atoms with Crippen LogP contribution in [0.15, 0.2) is 0 Å². The highest BCUT2D eigenvalue weighted by atomic mass is 35.5. The lowest BCUT2D eigenvalue weighted by atomic mass is 10.0. The normalized spacial score (nSPS) is 16.0. The summed E-state index contributed by atoms with van der Waals surface area (Å²) < 4.78 is 0. The number of Topliss-reactive ketones (excluding diaryl/α,β-unsaturated/α-hetero) is 2. The van der Waals surface area contributed by atoms with Crippen molar-refractivity contribution < 1.29 is 9.59 Å². The van der Waals surface area contributed by atoms with Crippen molar-refractivity contribution in [2.45, 2.75) is 26.1 Å². The first-order valence-electron chi connectivity index (χ1n) is 3.11. The van der Waals surface area contributed by atoms with Crippen LogP contribution in [0.2, 0.25) is 0 Å². The van der Waals surface area contributed by atoms with E-state index in [9.17, 15) is 9.59 Å². The largest absolute Gasteiger partial charge is 0.300 e. The molecule has 0 saturated carbocycles. The summed E-state index contributed by atoms with van der Waals surface area (Å²) in [6.45, 7) is 4.47. The van der Waals surface area contributed by atoms with Gasteiger partial charge < -0.3 is 0 Å². The number of carbonyl (C=O) groups excluding carboxylic acids is 2. The molecule has 0 fully saturated rings. The monoisotopic (exact) mass is 162 g/mol. The molecule has 0 aromatic rings. The highest BCUT2D eigenvalue weighted by Gasteiger charge is 2.22. The van der Waals surface area contributed by atoms with Gasteiger partial charge in [0.05, 0.1) is 0 Å². The Morgan fingerprint density at radius 2 is 1.60 bits per heavy atom. The molecule has 0 N–H and O–H groups in total. The van der Waals surface area contributed by atoms with E-state index < -0.39 is 5.38 Å². The van der Waals surface area contributed by atoms with Crippen molar-refractivity contribution in [1.82, 2.24) is 0 Å². The van der Waals surface area contributed by atoms with Crippen LogP contribution >= 0.6 is 11.6 Å². The van der Waals surface area contributed by atoms with Gasteiger partial charge in [-0.3, -0.25) is 9.59 Å². The summed E-state index contributed by atoms with van der Waals surface area (Å²) in [6.07, 6.45) is 0. The van der Waals surface area contributed by atoms with Crippen LogP contribution in [0.3, 0.4) is 0 Å². The zero-order valence-corrected chi connectivity index (χ0v) is 7.11. The van der Waals surface area contributed by atoms with Crippen LogP contribution in [0.5, 0.6) is 0 Å². The van der Waals surface area contributed by atoms with Gasteiger partial charge in [-0.1, -0.05) is 6.92 Å². The minimum absolute atomic E-state index is 0.0461. The second-order valence-electron chi connectivity index (χ2n) is 2.41. The maximum Gasteiger partial charge on any atom is 0.148 e. The number of hydrogen-bond donors (Lipinski definition) is 0. The average Bonchev–Trinajstić information content (AvgIpc) is 1.84. The zero-order chi connectivity index (χ0) is 8.31. The maximum atomic E-state index is 10.7. The Hall–Kier alpha value is -0.370. The summed E-state index contributed by atoms with van der Waals surface area (Å²) >= 11 is 5.59. The van der Waals surface area contributed by atoms with Crippen molar-refractivity contribution in [1.29, 1.82) is 0 Å². The molecular formula is C7H11ClO2. The predicted octanol–water partition coefficient (Wildman–Crippen LogP) is 1.41. The molecule has 0 heterocycles. The number of rotatable bonds is 3. The van der Waals surface area contributed by atoms with Gasteiger partial charge in [0.15, 0.2) is 0 Å². The van der Waals surface area contributed by atoms with Crippen LogP contribution in [0, 0.1) is 5.92 Å². The van der Waals surface area contributed by atoms with Gasteiger partial charge in [0, 0.05) is 5.92 Å². The first-order valence-corrected chi connectivity index (χ1v) is 3.55. The fourth-order valence-corrected chi connectivity index (χ4v) is 0.736. The fourth-order valence-electron chi connectivity index (χ4n) is 0.558. The first-order chi connectivity index (χ1) is 4.46. The van der Waals surface area contributed by atoms with Gasteiger partial charge in [-0.2, -0.15) is 0 Å².